The van der Waals surface area contributed by atoms with E-state index in [-0.39, 0.29) is 22.3 Å². The van der Waals surface area contributed by atoms with Gasteiger partial charge in [-0.25, -0.2) is 0 Å². The van der Waals surface area contributed by atoms with Crippen LogP contribution in [0.1, 0.15) is 62.7 Å². The van der Waals surface area contributed by atoms with Gasteiger partial charge in [-0.15, -0.1) is 0 Å². The first-order valence-electron chi connectivity index (χ1n) is 13.7. The second-order valence-electron chi connectivity index (χ2n) is 10.7. The quantitative estimate of drug-likeness (QED) is 0.358. The van der Waals surface area contributed by atoms with E-state index in [0.717, 1.165) is 32.7 Å². The van der Waals surface area contributed by atoms with Crippen molar-refractivity contribution in [3.05, 3.63) is 71.8 Å². The number of carboxylic acids is 2. The maximum absolute atomic E-state index is 13.0. The van der Waals surface area contributed by atoms with Crippen LogP contribution in [0.2, 0.25) is 0 Å². The maximum atomic E-state index is 13.0. The minimum Gasteiger partial charge on any atom is -0.480 e. The van der Waals surface area contributed by atoms with Gasteiger partial charge in [-0.3, -0.25) is 29.0 Å². The summed E-state index contributed by atoms with van der Waals surface area (Å²) in [4.78, 5) is 53.7. The average Bonchev–Trinajstić information content (AvgIpc) is 3.57. The van der Waals surface area contributed by atoms with Crippen LogP contribution < -0.4 is 0 Å². The van der Waals surface area contributed by atoms with Crippen LogP contribution in [0.3, 0.4) is 0 Å². The maximum Gasteiger partial charge on any atom is 0.320 e. The lowest BCUT2D eigenvalue weighted by Gasteiger charge is -2.31. The fourth-order valence-electron chi connectivity index (χ4n) is 5.86. The average molecular weight is 585 g/mol. The predicted molar refractivity (Wildman–Crippen MR) is 157 cm³/mol. The Morgan fingerprint density at radius 2 is 1.02 bits per heavy atom. The van der Waals surface area contributed by atoms with E-state index in [1.165, 1.54) is 0 Å². The highest BCUT2D eigenvalue weighted by Gasteiger charge is 2.41. The number of hydrogen-bond acceptors (Lipinski definition) is 8. The molecule has 0 amide bonds. The Hall–Kier alpha value is -2.66. The molecule has 6 atom stereocenters. The van der Waals surface area contributed by atoms with Gasteiger partial charge in [-0.2, -0.15) is 0 Å². The Morgan fingerprint density at radius 1 is 0.675 bits per heavy atom. The van der Waals surface area contributed by atoms with Crippen molar-refractivity contribution < 1.29 is 29.4 Å². The number of carbonyl (C=O) groups excluding carboxylic acids is 2. The Bertz CT molecular complexity index is 1100. The summed E-state index contributed by atoms with van der Waals surface area (Å²) in [5, 5.41) is 19.2. The first-order chi connectivity index (χ1) is 19.2. The molecule has 2 aromatic rings. The molecule has 2 saturated heterocycles. The summed E-state index contributed by atoms with van der Waals surface area (Å²) < 4.78 is 0. The number of nitrogens with zero attached hydrogens (tertiary/aromatic N) is 2. The predicted octanol–water partition coefficient (Wildman–Crippen LogP) is 5.27. The number of hydrogen-bond donors (Lipinski definition) is 2. The van der Waals surface area contributed by atoms with Crippen molar-refractivity contribution in [2.75, 3.05) is 13.1 Å². The Morgan fingerprint density at radius 3 is 1.35 bits per heavy atom. The van der Waals surface area contributed by atoms with Crippen LogP contribution in [0.5, 0.6) is 0 Å². The molecule has 0 radical (unpaired) electrons. The molecule has 2 aliphatic heterocycles. The van der Waals surface area contributed by atoms with Gasteiger partial charge < -0.3 is 10.2 Å². The van der Waals surface area contributed by atoms with Gasteiger partial charge in [0, 0.05) is 37.0 Å². The van der Waals surface area contributed by atoms with E-state index >= 15 is 0 Å². The van der Waals surface area contributed by atoms with Crippen molar-refractivity contribution in [1.29, 1.82) is 0 Å². The lowest BCUT2D eigenvalue weighted by molar-refractivity contribution is -0.144. The molecule has 214 valence electrons. The molecule has 10 heteroatoms. The lowest BCUT2D eigenvalue weighted by Crippen LogP contribution is -2.41. The van der Waals surface area contributed by atoms with E-state index in [0.29, 0.717) is 38.8 Å². The molecule has 0 bridgehead atoms. The van der Waals surface area contributed by atoms with Crippen LogP contribution in [-0.4, -0.2) is 67.4 Å². The van der Waals surface area contributed by atoms with Crippen LogP contribution in [0, 0.1) is 11.8 Å². The molecule has 2 aliphatic rings. The number of likely N-dealkylation sites (tertiary alicyclic amines) is 2. The molecule has 8 nitrogen and oxygen atoms in total. The zero-order chi connectivity index (χ0) is 28.8. The van der Waals surface area contributed by atoms with Crippen molar-refractivity contribution >= 4 is 43.8 Å². The standard InChI is InChI=1S/C30H36N2O6S2/c1-19(17-31-23(13-15-25(31)27(33)34)21-9-5-3-6-10-21)29(37)39-40-30(38)20(2)18-32-24(14-16-26(32)28(35)36)22-11-7-4-8-12-22/h3-12,19-20,23-26H,13-18H2,1-2H3,(H,33,34)(H,35,36)/t19-,20-,23?,24?,25?,26?/m0/s1. The SMILES string of the molecule is C[C@@H](CN1C(C(=O)O)CCC1c1ccccc1)C(=O)SSC(=O)[C@@H](C)CN1C(C(=O)O)CCC1c1ccccc1. The second-order valence-corrected chi connectivity index (χ2v) is 12.9. The summed E-state index contributed by atoms with van der Waals surface area (Å²) in [6.45, 7) is 4.13. The normalized spacial score (nSPS) is 24.9. The van der Waals surface area contributed by atoms with Crippen molar-refractivity contribution in [3.63, 3.8) is 0 Å². The lowest BCUT2D eigenvalue weighted by atomic mass is 10.0. The third-order valence-electron chi connectivity index (χ3n) is 7.95. The molecule has 40 heavy (non-hydrogen) atoms. The van der Waals surface area contributed by atoms with Crippen LogP contribution in [0.15, 0.2) is 60.7 Å². The molecule has 0 aromatic heterocycles. The molecule has 2 N–H and O–H groups in total. The molecule has 2 aromatic carbocycles. The number of carboxylic acid groups (broad SMARTS) is 2. The molecule has 2 fully saturated rings. The summed E-state index contributed by atoms with van der Waals surface area (Å²) in [6.07, 6.45) is 2.45. The first kappa shape index (κ1) is 30.3. The van der Waals surface area contributed by atoms with Crippen molar-refractivity contribution in [2.45, 2.75) is 63.7 Å². The van der Waals surface area contributed by atoms with E-state index in [4.69, 9.17) is 0 Å². The monoisotopic (exact) mass is 584 g/mol. The van der Waals surface area contributed by atoms with E-state index in [1.54, 1.807) is 13.8 Å². The number of aliphatic carboxylic acids is 2. The molecule has 0 spiro atoms. The second kappa shape index (κ2) is 13.8. The minimum atomic E-state index is -0.889. The molecule has 0 aliphatic carbocycles. The zero-order valence-corrected chi connectivity index (χ0v) is 24.4. The van der Waals surface area contributed by atoms with Crippen molar-refractivity contribution in [1.82, 2.24) is 9.80 Å². The van der Waals surface area contributed by atoms with Gasteiger partial charge in [0.2, 0.25) is 10.2 Å². The van der Waals surface area contributed by atoms with E-state index < -0.39 is 35.9 Å². The van der Waals surface area contributed by atoms with Crippen LogP contribution in [-0.2, 0) is 19.2 Å². The molecule has 4 unspecified atom stereocenters. The fraction of sp³-hybridized carbons (Fsp3) is 0.467. The van der Waals surface area contributed by atoms with Gasteiger partial charge >= 0.3 is 11.9 Å². The van der Waals surface area contributed by atoms with E-state index in [9.17, 15) is 29.4 Å². The molecule has 0 saturated carbocycles. The summed E-state index contributed by atoms with van der Waals surface area (Å²) in [5.74, 6) is -2.72. The van der Waals surface area contributed by atoms with Gasteiger partial charge in [0.1, 0.15) is 12.1 Å². The highest BCUT2D eigenvalue weighted by molar-refractivity contribution is 8.87. The summed E-state index contributed by atoms with van der Waals surface area (Å²) >= 11 is 0. The number of carbonyl (C=O) groups is 4. The summed E-state index contributed by atoms with van der Waals surface area (Å²) in [6, 6.07) is 18.0. The van der Waals surface area contributed by atoms with Gasteiger partial charge in [-0.05, 0) is 58.4 Å². The number of benzene rings is 2. The topological polar surface area (TPSA) is 115 Å². The fourth-order valence-corrected chi connectivity index (χ4v) is 7.98. The molecule has 4 rings (SSSR count). The van der Waals surface area contributed by atoms with Crippen LogP contribution >= 0.6 is 21.6 Å². The van der Waals surface area contributed by atoms with Crippen molar-refractivity contribution in [2.24, 2.45) is 11.8 Å². The number of rotatable bonds is 10. The zero-order valence-electron chi connectivity index (χ0n) is 22.7. The molecular formula is C30H36N2O6S2. The Balaban J connectivity index is 1.34. The summed E-state index contributed by atoms with van der Waals surface area (Å²) in [5.41, 5.74) is 2.07. The van der Waals surface area contributed by atoms with Crippen molar-refractivity contribution in [3.8, 4) is 0 Å². The smallest absolute Gasteiger partial charge is 0.320 e. The molecular weight excluding hydrogens is 548 g/mol. The van der Waals surface area contributed by atoms with E-state index in [2.05, 4.69) is 0 Å². The van der Waals surface area contributed by atoms with E-state index in [1.807, 2.05) is 70.5 Å². The van der Waals surface area contributed by atoms with Crippen LogP contribution in [0.4, 0.5) is 0 Å². The Kier molecular flexibility index (Phi) is 10.5. The third-order valence-corrected chi connectivity index (χ3v) is 10.4. The van der Waals surface area contributed by atoms with Gasteiger partial charge in [0.25, 0.3) is 0 Å². The Labute approximate surface area is 242 Å². The van der Waals surface area contributed by atoms with Crippen LogP contribution in [0.25, 0.3) is 0 Å². The third kappa shape index (κ3) is 7.15. The molecule has 2 heterocycles. The highest BCUT2D eigenvalue weighted by atomic mass is 33.1. The van der Waals surface area contributed by atoms with Gasteiger partial charge in [-0.1, -0.05) is 74.5 Å². The minimum absolute atomic E-state index is 0.0722. The largest absolute Gasteiger partial charge is 0.480 e. The first-order valence-corrected chi connectivity index (χ1v) is 15.8. The highest BCUT2D eigenvalue weighted by Crippen LogP contribution is 2.40. The van der Waals surface area contributed by atoms with Gasteiger partial charge in [0.15, 0.2) is 0 Å². The summed E-state index contributed by atoms with van der Waals surface area (Å²) in [7, 11) is 1.78. The van der Waals surface area contributed by atoms with Gasteiger partial charge in [0.05, 0.1) is 0 Å².